The molecule has 1 aliphatic rings. The van der Waals surface area contributed by atoms with Gasteiger partial charge in [-0.25, -0.2) is 0 Å². The number of rotatable bonds is 1. The Balaban J connectivity index is 1.96. The molecule has 2 aromatic carbocycles. The van der Waals surface area contributed by atoms with Crippen LogP contribution in [0.25, 0.3) is 0 Å². The minimum absolute atomic E-state index is 0.0705. The van der Waals surface area contributed by atoms with E-state index >= 15 is 0 Å². The predicted molar refractivity (Wildman–Crippen MR) is 80.0 cm³/mol. The molecule has 104 valence electrons. The Bertz CT molecular complexity index is 626. The van der Waals surface area contributed by atoms with Crippen LogP contribution < -0.4 is 4.74 Å². The fourth-order valence-corrected chi connectivity index (χ4v) is 2.97. The highest BCUT2D eigenvalue weighted by Crippen LogP contribution is 2.41. The third-order valence-electron chi connectivity index (χ3n) is 3.85. The Hall–Kier alpha value is -1.80. The van der Waals surface area contributed by atoms with Gasteiger partial charge in [0.1, 0.15) is 11.9 Å². The van der Waals surface area contributed by atoms with E-state index in [4.69, 9.17) is 4.74 Å². The zero-order valence-corrected chi connectivity index (χ0v) is 12.2. The van der Waals surface area contributed by atoms with Gasteiger partial charge in [-0.3, -0.25) is 0 Å². The van der Waals surface area contributed by atoms with E-state index in [-0.39, 0.29) is 6.10 Å². The molecule has 0 bridgehead atoms. The third-order valence-corrected chi connectivity index (χ3v) is 3.85. The maximum Gasteiger partial charge on any atom is 0.127 e. The van der Waals surface area contributed by atoms with Crippen molar-refractivity contribution < 1.29 is 9.84 Å². The first kappa shape index (κ1) is 13.2. The first-order valence-electron chi connectivity index (χ1n) is 7.06. The average molecular weight is 268 g/mol. The zero-order chi connectivity index (χ0) is 14.3. The highest BCUT2D eigenvalue weighted by molar-refractivity contribution is 5.41. The molecule has 0 saturated heterocycles. The van der Waals surface area contributed by atoms with Crippen molar-refractivity contribution in [3.8, 4) is 5.75 Å². The van der Waals surface area contributed by atoms with Crippen molar-refractivity contribution >= 4 is 0 Å². The summed E-state index contributed by atoms with van der Waals surface area (Å²) >= 11 is 0. The Labute approximate surface area is 120 Å². The Morgan fingerprint density at radius 2 is 1.65 bits per heavy atom. The summed E-state index contributed by atoms with van der Waals surface area (Å²) in [6.45, 7) is 6.21. The molecule has 1 aliphatic heterocycles. The van der Waals surface area contributed by atoms with E-state index in [1.54, 1.807) is 0 Å². The van der Waals surface area contributed by atoms with E-state index in [2.05, 4.69) is 32.0 Å². The van der Waals surface area contributed by atoms with E-state index in [9.17, 15) is 5.11 Å². The number of aryl methyl sites for hydroxylation is 3. The highest BCUT2D eigenvalue weighted by atomic mass is 16.5. The van der Waals surface area contributed by atoms with Crippen LogP contribution in [0, 0.1) is 20.8 Å². The van der Waals surface area contributed by atoms with Gasteiger partial charge >= 0.3 is 0 Å². The van der Waals surface area contributed by atoms with Crippen LogP contribution in [0.4, 0.5) is 0 Å². The van der Waals surface area contributed by atoms with Gasteiger partial charge in [0.15, 0.2) is 0 Å². The molecule has 2 nitrogen and oxygen atoms in total. The van der Waals surface area contributed by atoms with Gasteiger partial charge in [-0.1, -0.05) is 41.0 Å². The summed E-state index contributed by atoms with van der Waals surface area (Å²) in [4.78, 5) is 0. The Morgan fingerprint density at radius 3 is 2.35 bits per heavy atom. The van der Waals surface area contributed by atoms with Gasteiger partial charge in [-0.15, -0.1) is 0 Å². The first-order chi connectivity index (χ1) is 9.52. The number of benzene rings is 2. The first-order valence-corrected chi connectivity index (χ1v) is 7.06. The number of hydrogen-bond acceptors (Lipinski definition) is 2. The molecule has 0 amide bonds. The number of fused-ring (bicyclic) bond motifs is 1. The minimum Gasteiger partial charge on any atom is -0.485 e. The molecule has 0 spiro atoms. The van der Waals surface area contributed by atoms with Crippen LogP contribution in [0.3, 0.4) is 0 Å². The van der Waals surface area contributed by atoms with E-state index in [0.717, 1.165) is 22.4 Å². The maximum atomic E-state index is 10.4. The van der Waals surface area contributed by atoms with Gasteiger partial charge < -0.3 is 9.84 Å². The van der Waals surface area contributed by atoms with Gasteiger partial charge in [-0.2, -0.15) is 0 Å². The molecule has 0 aliphatic carbocycles. The van der Waals surface area contributed by atoms with Crippen molar-refractivity contribution in [2.45, 2.75) is 39.4 Å². The number of ether oxygens (including phenoxy) is 1. The smallest absolute Gasteiger partial charge is 0.127 e. The number of aliphatic hydroxyl groups excluding tert-OH is 1. The van der Waals surface area contributed by atoms with E-state index in [1.807, 2.05) is 25.1 Å². The van der Waals surface area contributed by atoms with E-state index in [0.29, 0.717) is 6.42 Å². The highest BCUT2D eigenvalue weighted by Gasteiger charge is 2.28. The Morgan fingerprint density at radius 1 is 0.950 bits per heavy atom. The molecular formula is C18H20O2. The summed E-state index contributed by atoms with van der Waals surface area (Å²) in [5.74, 6) is 0.804. The van der Waals surface area contributed by atoms with Gasteiger partial charge in [-0.05, 0) is 38.5 Å². The maximum absolute atomic E-state index is 10.4. The molecule has 1 heterocycles. The number of hydrogen-bond donors (Lipinski definition) is 1. The van der Waals surface area contributed by atoms with Crippen molar-refractivity contribution in [3.63, 3.8) is 0 Å². The standard InChI is InChI=1S/C18H20O2/c1-11-4-5-17-15(9-11)16(19)10-18(20-17)14-7-12(2)6-13(3)8-14/h4-9,16,18-19H,10H2,1-3H3/t16-,18?/m0/s1. The average Bonchev–Trinajstić information content (AvgIpc) is 2.38. The van der Waals surface area contributed by atoms with Crippen LogP contribution >= 0.6 is 0 Å². The molecule has 20 heavy (non-hydrogen) atoms. The van der Waals surface area contributed by atoms with E-state index in [1.165, 1.54) is 11.1 Å². The summed E-state index contributed by atoms with van der Waals surface area (Å²) < 4.78 is 6.09. The third kappa shape index (κ3) is 2.44. The van der Waals surface area contributed by atoms with Crippen LogP contribution in [0.5, 0.6) is 5.75 Å². The summed E-state index contributed by atoms with van der Waals surface area (Å²) in [5.41, 5.74) is 5.66. The Kier molecular flexibility index (Phi) is 3.27. The summed E-state index contributed by atoms with van der Waals surface area (Å²) in [5, 5.41) is 10.4. The second kappa shape index (κ2) is 4.95. The lowest BCUT2D eigenvalue weighted by atomic mass is 9.92. The molecule has 0 aromatic heterocycles. The normalized spacial score (nSPS) is 21.2. The predicted octanol–water partition coefficient (Wildman–Crippen LogP) is 4.17. The molecule has 0 saturated carbocycles. The molecular weight excluding hydrogens is 248 g/mol. The fraction of sp³-hybridized carbons (Fsp3) is 0.333. The molecule has 2 atom stereocenters. The molecule has 0 radical (unpaired) electrons. The topological polar surface area (TPSA) is 29.5 Å². The van der Waals surface area contributed by atoms with Gasteiger partial charge in [0.05, 0.1) is 6.10 Å². The monoisotopic (exact) mass is 268 g/mol. The SMILES string of the molecule is Cc1cc(C)cc(C2C[C@H](O)c3cc(C)ccc3O2)c1. The van der Waals surface area contributed by atoms with Crippen molar-refractivity contribution in [2.75, 3.05) is 0 Å². The second-order valence-corrected chi connectivity index (χ2v) is 5.82. The van der Waals surface area contributed by atoms with Gasteiger partial charge in [0, 0.05) is 12.0 Å². The lowest BCUT2D eigenvalue weighted by Gasteiger charge is -2.30. The van der Waals surface area contributed by atoms with Crippen LogP contribution in [0.1, 0.15) is 46.4 Å². The molecule has 0 fully saturated rings. The molecule has 2 heteroatoms. The van der Waals surface area contributed by atoms with Crippen LogP contribution in [0.2, 0.25) is 0 Å². The number of aliphatic hydroxyl groups is 1. The minimum atomic E-state index is -0.454. The van der Waals surface area contributed by atoms with E-state index < -0.39 is 6.10 Å². The van der Waals surface area contributed by atoms with Crippen LogP contribution in [-0.4, -0.2) is 5.11 Å². The van der Waals surface area contributed by atoms with Gasteiger partial charge in [0.25, 0.3) is 0 Å². The quantitative estimate of drug-likeness (QED) is 0.841. The zero-order valence-electron chi connectivity index (χ0n) is 12.2. The lowest BCUT2D eigenvalue weighted by molar-refractivity contribution is 0.0656. The van der Waals surface area contributed by atoms with Crippen molar-refractivity contribution in [1.29, 1.82) is 0 Å². The van der Waals surface area contributed by atoms with Gasteiger partial charge in [0.2, 0.25) is 0 Å². The molecule has 3 rings (SSSR count). The lowest BCUT2D eigenvalue weighted by Crippen LogP contribution is -2.19. The summed E-state index contributed by atoms with van der Waals surface area (Å²) in [7, 11) is 0. The fourth-order valence-electron chi connectivity index (χ4n) is 2.97. The molecule has 1 unspecified atom stereocenters. The second-order valence-electron chi connectivity index (χ2n) is 5.82. The van der Waals surface area contributed by atoms with Crippen molar-refractivity contribution in [3.05, 3.63) is 64.2 Å². The largest absolute Gasteiger partial charge is 0.485 e. The van der Waals surface area contributed by atoms with Crippen LogP contribution in [-0.2, 0) is 0 Å². The molecule has 2 aromatic rings. The summed E-state index contributed by atoms with van der Waals surface area (Å²) in [6.07, 6.45) is 0.0857. The van der Waals surface area contributed by atoms with Crippen molar-refractivity contribution in [2.24, 2.45) is 0 Å². The summed E-state index contributed by atoms with van der Waals surface area (Å²) in [6, 6.07) is 12.4. The van der Waals surface area contributed by atoms with Crippen molar-refractivity contribution in [1.82, 2.24) is 0 Å². The van der Waals surface area contributed by atoms with Crippen LogP contribution in [0.15, 0.2) is 36.4 Å². The molecule has 1 N–H and O–H groups in total.